The smallest absolute Gasteiger partial charge is 0.203 e. The van der Waals surface area contributed by atoms with Gasteiger partial charge in [-0.1, -0.05) is 6.07 Å². The van der Waals surface area contributed by atoms with Crippen LogP contribution in [0.4, 0.5) is 0 Å². The Kier molecular flexibility index (Phi) is 4.92. The molecule has 1 aromatic rings. The molecule has 4 heteroatoms. The van der Waals surface area contributed by atoms with Crippen LogP contribution >= 0.6 is 0 Å². The van der Waals surface area contributed by atoms with Crippen LogP contribution in [0.25, 0.3) is 0 Å². The number of hydrogen-bond donors (Lipinski definition) is 1. The maximum absolute atomic E-state index is 8.81. The number of aliphatic hydroxyl groups excluding tert-OH is 1. The lowest BCUT2D eigenvalue weighted by atomic mass is 10.2. The summed E-state index contributed by atoms with van der Waals surface area (Å²) < 4.78 is 16.1. The molecule has 0 aliphatic rings. The highest BCUT2D eigenvalue weighted by atomic mass is 16.5. The van der Waals surface area contributed by atoms with Crippen molar-refractivity contribution in [3.05, 3.63) is 18.2 Å². The summed E-state index contributed by atoms with van der Waals surface area (Å²) in [6, 6.07) is 5.46. The molecule has 1 unspecified atom stereocenters. The van der Waals surface area contributed by atoms with E-state index in [0.717, 1.165) is 0 Å². The predicted octanol–water partition coefficient (Wildman–Crippen LogP) is 1.85. The monoisotopic (exact) mass is 226 g/mol. The van der Waals surface area contributed by atoms with Crippen LogP contribution in [-0.4, -0.2) is 32.0 Å². The predicted molar refractivity (Wildman–Crippen MR) is 61.3 cm³/mol. The van der Waals surface area contributed by atoms with Gasteiger partial charge in [0.2, 0.25) is 5.75 Å². The molecule has 0 fully saturated rings. The Balaban J connectivity index is 2.86. The van der Waals surface area contributed by atoms with Crippen molar-refractivity contribution >= 4 is 0 Å². The van der Waals surface area contributed by atoms with Gasteiger partial charge in [-0.05, 0) is 19.1 Å². The molecular weight excluding hydrogens is 208 g/mol. The van der Waals surface area contributed by atoms with Gasteiger partial charge in [0.25, 0.3) is 0 Å². The van der Waals surface area contributed by atoms with Crippen LogP contribution in [0, 0.1) is 0 Å². The highest BCUT2D eigenvalue weighted by molar-refractivity contribution is 5.51. The second-order valence-corrected chi connectivity index (χ2v) is 3.43. The van der Waals surface area contributed by atoms with Gasteiger partial charge >= 0.3 is 0 Å². The van der Waals surface area contributed by atoms with Crippen LogP contribution in [0.1, 0.15) is 13.3 Å². The zero-order valence-electron chi connectivity index (χ0n) is 9.90. The van der Waals surface area contributed by atoms with Crippen molar-refractivity contribution in [2.24, 2.45) is 0 Å². The van der Waals surface area contributed by atoms with E-state index in [2.05, 4.69) is 0 Å². The molecule has 0 saturated heterocycles. The van der Waals surface area contributed by atoms with Gasteiger partial charge in [0, 0.05) is 13.0 Å². The molecule has 0 amide bonds. The summed E-state index contributed by atoms with van der Waals surface area (Å²) in [4.78, 5) is 0. The van der Waals surface area contributed by atoms with E-state index >= 15 is 0 Å². The minimum Gasteiger partial charge on any atom is -0.493 e. The molecule has 0 aliphatic heterocycles. The van der Waals surface area contributed by atoms with Crippen molar-refractivity contribution in [3.63, 3.8) is 0 Å². The van der Waals surface area contributed by atoms with E-state index in [4.69, 9.17) is 19.3 Å². The fourth-order valence-electron chi connectivity index (χ4n) is 1.41. The highest BCUT2D eigenvalue weighted by Gasteiger charge is 2.12. The maximum atomic E-state index is 8.81. The first-order valence-corrected chi connectivity index (χ1v) is 5.21. The summed E-state index contributed by atoms with van der Waals surface area (Å²) in [7, 11) is 3.15. The standard InChI is InChI=1S/C12H18O4/c1-9(7-8-13)16-11-6-4-5-10(14-2)12(11)15-3/h4-6,9,13H,7-8H2,1-3H3. The van der Waals surface area contributed by atoms with E-state index in [1.165, 1.54) is 0 Å². The zero-order chi connectivity index (χ0) is 12.0. The minimum absolute atomic E-state index is 0.0639. The van der Waals surface area contributed by atoms with Crippen LogP contribution < -0.4 is 14.2 Å². The van der Waals surface area contributed by atoms with Gasteiger partial charge < -0.3 is 19.3 Å². The second kappa shape index (κ2) is 6.23. The number of aliphatic hydroxyl groups is 1. The van der Waals surface area contributed by atoms with Crippen molar-refractivity contribution in [2.75, 3.05) is 20.8 Å². The van der Waals surface area contributed by atoms with E-state index in [1.54, 1.807) is 14.2 Å². The van der Waals surface area contributed by atoms with Crippen molar-refractivity contribution in [2.45, 2.75) is 19.4 Å². The van der Waals surface area contributed by atoms with Crippen molar-refractivity contribution in [1.82, 2.24) is 0 Å². The van der Waals surface area contributed by atoms with E-state index in [9.17, 15) is 0 Å². The quantitative estimate of drug-likeness (QED) is 0.804. The van der Waals surface area contributed by atoms with Crippen LogP contribution in [0.2, 0.25) is 0 Å². The van der Waals surface area contributed by atoms with Gasteiger partial charge in [-0.15, -0.1) is 0 Å². The minimum atomic E-state index is -0.0639. The number of benzene rings is 1. The summed E-state index contributed by atoms with van der Waals surface area (Å²) in [5.41, 5.74) is 0. The van der Waals surface area contributed by atoms with Crippen LogP contribution in [0.3, 0.4) is 0 Å². The fraction of sp³-hybridized carbons (Fsp3) is 0.500. The van der Waals surface area contributed by atoms with Gasteiger partial charge in [0.1, 0.15) is 0 Å². The van der Waals surface area contributed by atoms with E-state index < -0.39 is 0 Å². The molecule has 0 spiro atoms. The number of para-hydroxylation sites is 1. The lowest BCUT2D eigenvalue weighted by molar-refractivity contribution is 0.163. The highest BCUT2D eigenvalue weighted by Crippen LogP contribution is 2.37. The molecule has 4 nitrogen and oxygen atoms in total. The number of methoxy groups -OCH3 is 2. The summed E-state index contributed by atoms with van der Waals surface area (Å²) in [6.07, 6.45) is 0.520. The molecule has 90 valence electrons. The third-order valence-corrected chi connectivity index (χ3v) is 2.23. The van der Waals surface area contributed by atoms with Crippen molar-refractivity contribution < 1.29 is 19.3 Å². The molecular formula is C12H18O4. The molecule has 0 heterocycles. The number of rotatable bonds is 6. The lowest BCUT2D eigenvalue weighted by Gasteiger charge is -2.17. The largest absolute Gasteiger partial charge is 0.493 e. The van der Waals surface area contributed by atoms with Crippen LogP contribution in [-0.2, 0) is 0 Å². The Morgan fingerprint density at radius 2 is 1.88 bits per heavy atom. The zero-order valence-corrected chi connectivity index (χ0v) is 9.90. The Morgan fingerprint density at radius 3 is 2.44 bits per heavy atom. The number of ether oxygens (including phenoxy) is 3. The summed E-state index contributed by atoms with van der Waals surface area (Å²) in [6.45, 7) is 2.00. The molecule has 1 atom stereocenters. The third kappa shape index (κ3) is 3.03. The first kappa shape index (κ1) is 12.6. The van der Waals surface area contributed by atoms with Gasteiger partial charge in [0.15, 0.2) is 11.5 Å². The van der Waals surface area contributed by atoms with Gasteiger partial charge in [0.05, 0.1) is 20.3 Å². The second-order valence-electron chi connectivity index (χ2n) is 3.43. The Hall–Kier alpha value is -1.42. The van der Waals surface area contributed by atoms with E-state index in [-0.39, 0.29) is 12.7 Å². The van der Waals surface area contributed by atoms with Crippen molar-refractivity contribution in [1.29, 1.82) is 0 Å². The van der Waals surface area contributed by atoms with Gasteiger partial charge in [-0.25, -0.2) is 0 Å². The average molecular weight is 226 g/mol. The summed E-state index contributed by atoms with van der Waals surface area (Å²) in [5.74, 6) is 1.84. The summed E-state index contributed by atoms with van der Waals surface area (Å²) in [5, 5.41) is 8.81. The molecule has 1 N–H and O–H groups in total. The molecule has 0 aliphatic carbocycles. The van der Waals surface area contributed by atoms with Crippen LogP contribution in [0.15, 0.2) is 18.2 Å². The summed E-state index contributed by atoms with van der Waals surface area (Å²) >= 11 is 0. The van der Waals surface area contributed by atoms with E-state index in [0.29, 0.717) is 23.7 Å². The number of hydrogen-bond acceptors (Lipinski definition) is 4. The maximum Gasteiger partial charge on any atom is 0.203 e. The molecule has 0 saturated carbocycles. The molecule has 0 bridgehead atoms. The molecule has 16 heavy (non-hydrogen) atoms. The average Bonchev–Trinajstić information content (AvgIpc) is 2.29. The molecule has 1 rings (SSSR count). The van der Waals surface area contributed by atoms with E-state index in [1.807, 2.05) is 25.1 Å². The van der Waals surface area contributed by atoms with Gasteiger partial charge in [-0.3, -0.25) is 0 Å². The topological polar surface area (TPSA) is 47.9 Å². The molecule has 0 aromatic heterocycles. The molecule has 0 radical (unpaired) electrons. The molecule has 1 aromatic carbocycles. The normalized spacial score (nSPS) is 12.0. The lowest BCUT2D eigenvalue weighted by Crippen LogP contribution is -2.14. The first-order valence-electron chi connectivity index (χ1n) is 5.21. The Morgan fingerprint density at radius 1 is 1.19 bits per heavy atom. The van der Waals surface area contributed by atoms with Gasteiger partial charge in [-0.2, -0.15) is 0 Å². The van der Waals surface area contributed by atoms with Crippen molar-refractivity contribution in [3.8, 4) is 17.2 Å². The Bertz CT molecular complexity index is 325. The first-order chi connectivity index (χ1) is 7.72. The third-order valence-electron chi connectivity index (χ3n) is 2.23. The SMILES string of the molecule is COc1cccc(OC(C)CCO)c1OC. The fourth-order valence-corrected chi connectivity index (χ4v) is 1.41. The van der Waals surface area contributed by atoms with Crippen LogP contribution in [0.5, 0.6) is 17.2 Å². The Labute approximate surface area is 95.8 Å².